The molecule has 0 aliphatic heterocycles. The molecule has 2 aromatic carbocycles. The van der Waals surface area contributed by atoms with E-state index >= 15 is 0 Å². The number of thiazole rings is 2. The van der Waals surface area contributed by atoms with Gasteiger partial charge in [0.25, 0.3) is 0 Å². The smallest absolute Gasteiger partial charge is 0.308 e. The lowest BCUT2D eigenvalue weighted by atomic mass is 10.3. The topological polar surface area (TPSA) is 81.4 Å². The van der Waals surface area contributed by atoms with Crippen LogP contribution in [0, 0.1) is 0 Å². The zero-order chi connectivity index (χ0) is 19.9. The van der Waals surface area contributed by atoms with Crippen LogP contribution in [0.3, 0.4) is 0 Å². The van der Waals surface area contributed by atoms with E-state index in [1.165, 1.54) is 28.9 Å². The molecule has 2 heterocycles. The molecular weight excluding hydrogens is 414 g/mol. The van der Waals surface area contributed by atoms with E-state index in [1.54, 1.807) is 18.2 Å². The summed E-state index contributed by atoms with van der Waals surface area (Å²) in [5.74, 6) is -0.388. The van der Waals surface area contributed by atoms with Crippen molar-refractivity contribution in [2.45, 2.75) is 24.8 Å². The molecular formula is C19H17N3O3S3. The lowest BCUT2D eigenvalue weighted by Gasteiger charge is -2.03. The first kappa shape index (κ1) is 19.0. The highest BCUT2D eigenvalue weighted by Crippen LogP contribution is 2.24. The number of carbonyl (C=O) groups excluding carboxylic acids is 1. The lowest BCUT2D eigenvalue weighted by molar-refractivity contribution is 0.0997. The van der Waals surface area contributed by atoms with E-state index in [2.05, 4.69) is 9.98 Å². The van der Waals surface area contributed by atoms with Gasteiger partial charge in [-0.05, 0) is 36.8 Å². The standard InChI is InChI=1S/C19H17N3O3S3/c1-3-10-22-14-9-8-12(28(2,24)25)11-16(14)27-19(22)21-17(23)18-20-13-6-4-5-7-15(13)26-18/h4-9,11H,3,10H2,1-2H3. The van der Waals surface area contributed by atoms with Gasteiger partial charge in [0.15, 0.2) is 19.6 Å². The van der Waals surface area contributed by atoms with Crippen molar-refractivity contribution in [1.29, 1.82) is 0 Å². The summed E-state index contributed by atoms with van der Waals surface area (Å²) >= 11 is 2.63. The van der Waals surface area contributed by atoms with Crippen molar-refractivity contribution in [3.05, 3.63) is 52.3 Å². The number of benzene rings is 2. The van der Waals surface area contributed by atoms with Gasteiger partial charge < -0.3 is 4.57 Å². The Morgan fingerprint density at radius 2 is 1.93 bits per heavy atom. The molecule has 0 spiro atoms. The molecule has 6 nitrogen and oxygen atoms in total. The van der Waals surface area contributed by atoms with E-state index in [4.69, 9.17) is 0 Å². The zero-order valence-electron chi connectivity index (χ0n) is 15.2. The number of hydrogen-bond acceptors (Lipinski definition) is 6. The van der Waals surface area contributed by atoms with Crippen molar-refractivity contribution in [2.24, 2.45) is 4.99 Å². The second kappa shape index (κ2) is 7.23. The van der Waals surface area contributed by atoms with E-state index in [1.807, 2.05) is 35.8 Å². The fourth-order valence-corrected chi connectivity index (χ4v) is 5.57. The van der Waals surface area contributed by atoms with Gasteiger partial charge in [-0.2, -0.15) is 4.99 Å². The summed E-state index contributed by atoms with van der Waals surface area (Å²) in [6.45, 7) is 2.73. The fourth-order valence-electron chi connectivity index (χ4n) is 2.91. The molecule has 0 saturated carbocycles. The number of fused-ring (bicyclic) bond motifs is 2. The summed E-state index contributed by atoms with van der Waals surface area (Å²) in [7, 11) is -3.30. The van der Waals surface area contributed by atoms with Crippen LogP contribution in [0.4, 0.5) is 0 Å². The number of para-hydroxylation sites is 1. The Hall–Kier alpha value is -2.36. The first-order valence-corrected chi connectivity index (χ1v) is 12.2. The van der Waals surface area contributed by atoms with Crippen LogP contribution in [0.25, 0.3) is 20.4 Å². The molecule has 0 saturated heterocycles. The second-order valence-electron chi connectivity index (χ2n) is 6.34. The van der Waals surface area contributed by atoms with Gasteiger partial charge in [0.2, 0.25) is 0 Å². The van der Waals surface area contributed by atoms with Crippen LogP contribution >= 0.6 is 22.7 Å². The molecule has 1 amide bonds. The van der Waals surface area contributed by atoms with Crippen molar-refractivity contribution in [1.82, 2.24) is 9.55 Å². The Kier molecular flexibility index (Phi) is 4.90. The molecule has 4 rings (SSSR count). The zero-order valence-corrected chi connectivity index (χ0v) is 17.7. The van der Waals surface area contributed by atoms with E-state index < -0.39 is 9.84 Å². The number of amides is 1. The third kappa shape index (κ3) is 3.52. The Balaban J connectivity index is 1.85. The summed E-state index contributed by atoms with van der Waals surface area (Å²) in [5, 5.41) is 0.346. The molecule has 0 aliphatic rings. The van der Waals surface area contributed by atoms with Crippen molar-refractivity contribution < 1.29 is 13.2 Å². The minimum absolute atomic E-state index is 0.258. The van der Waals surface area contributed by atoms with Crippen molar-refractivity contribution in [2.75, 3.05) is 6.26 Å². The molecule has 0 atom stereocenters. The minimum Gasteiger partial charge on any atom is -0.316 e. The number of sulfone groups is 1. The molecule has 9 heteroatoms. The molecule has 0 fully saturated rings. The first-order chi connectivity index (χ1) is 13.4. The Bertz CT molecular complexity index is 1340. The quantitative estimate of drug-likeness (QED) is 0.491. The first-order valence-electron chi connectivity index (χ1n) is 8.65. The lowest BCUT2D eigenvalue weighted by Crippen LogP contribution is -2.16. The van der Waals surface area contributed by atoms with Gasteiger partial charge in [0.1, 0.15) is 0 Å². The van der Waals surface area contributed by atoms with E-state index in [-0.39, 0.29) is 10.8 Å². The van der Waals surface area contributed by atoms with Gasteiger partial charge in [-0.15, -0.1) is 11.3 Å². The van der Waals surface area contributed by atoms with Crippen LogP contribution in [0.2, 0.25) is 0 Å². The third-order valence-corrected chi connectivity index (χ3v) is 7.38. The fraction of sp³-hybridized carbons (Fsp3) is 0.211. The van der Waals surface area contributed by atoms with Gasteiger partial charge in [0, 0.05) is 12.8 Å². The maximum absolute atomic E-state index is 12.7. The monoisotopic (exact) mass is 431 g/mol. The molecule has 144 valence electrons. The van der Waals surface area contributed by atoms with Crippen LogP contribution in [0.1, 0.15) is 23.1 Å². The van der Waals surface area contributed by atoms with Crippen LogP contribution in [0.5, 0.6) is 0 Å². The molecule has 0 bridgehead atoms. The molecule has 0 aliphatic carbocycles. The SMILES string of the molecule is CCCn1c(=NC(=O)c2nc3ccccc3s2)sc2cc(S(C)(=O)=O)ccc21. The number of aryl methyl sites for hydroxylation is 1. The molecule has 4 aromatic rings. The predicted molar refractivity (Wildman–Crippen MR) is 113 cm³/mol. The number of aromatic nitrogens is 2. The van der Waals surface area contributed by atoms with E-state index in [0.717, 1.165) is 26.9 Å². The number of carbonyl (C=O) groups is 1. The van der Waals surface area contributed by atoms with E-state index in [9.17, 15) is 13.2 Å². The maximum Gasteiger partial charge on any atom is 0.308 e. The highest BCUT2D eigenvalue weighted by molar-refractivity contribution is 7.90. The van der Waals surface area contributed by atoms with Crippen molar-refractivity contribution >= 4 is 58.9 Å². The summed E-state index contributed by atoms with van der Waals surface area (Å²) < 4.78 is 27.4. The minimum atomic E-state index is -3.30. The highest BCUT2D eigenvalue weighted by atomic mass is 32.2. The molecule has 0 N–H and O–H groups in total. The van der Waals surface area contributed by atoms with Gasteiger partial charge in [-0.3, -0.25) is 4.79 Å². The van der Waals surface area contributed by atoms with E-state index in [0.29, 0.717) is 16.4 Å². The summed E-state index contributed by atoms with van der Waals surface area (Å²) in [6, 6.07) is 12.6. The summed E-state index contributed by atoms with van der Waals surface area (Å²) in [4.78, 5) is 22.2. The largest absolute Gasteiger partial charge is 0.316 e. The third-order valence-electron chi connectivity index (χ3n) is 4.20. The predicted octanol–water partition coefficient (Wildman–Crippen LogP) is 3.87. The van der Waals surface area contributed by atoms with Gasteiger partial charge >= 0.3 is 5.91 Å². The molecule has 2 aromatic heterocycles. The molecule has 28 heavy (non-hydrogen) atoms. The van der Waals surface area contributed by atoms with Crippen LogP contribution in [-0.4, -0.2) is 30.1 Å². The second-order valence-corrected chi connectivity index (χ2v) is 10.4. The van der Waals surface area contributed by atoms with Crippen molar-refractivity contribution in [3.63, 3.8) is 0 Å². The average Bonchev–Trinajstić information content (AvgIpc) is 3.23. The van der Waals surface area contributed by atoms with Gasteiger partial charge in [-0.25, -0.2) is 13.4 Å². The Labute approximate surface area is 169 Å². The number of rotatable bonds is 4. The average molecular weight is 432 g/mol. The molecule has 0 radical (unpaired) electrons. The van der Waals surface area contributed by atoms with Crippen LogP contribution in [-0.2, 0) is 16.4 Å². The normalized spacial score (nSPS) is 12.9. The highest BCUT2D eigenvalue weighted by Gasteiger charge is 2.15. The summed E-state index contributed by atoms with van der Waals surface area (Å²) in [5.41, 5.74) is 1.65. The number of hydrogen-bond donors (Lipinski definition) is 0. The Morgan fingerprint density at radius 1 is 1.14 bits per heavy atom. The Morgan fingerprint density at radius 3 is 2.64 bits per heavy atom. The maximum atomic E-state index is 12.7. The van der Waals surface area contributed by atoms with Gasteiger partial charge in [-0.1, -0.05) is 30.4 Å². The van der Waals surface area contributed by atoms with Crippen LogP contribution in [0.15, 0.2) is 52.4 Å². The van der Waals surface area contributed by atoms with Crippen LogP contribution < -0.4 is 4.80 Å². The number of nitrogens with zero attached hydrogens (tertiary/aromatic N) is 3. The van der Waals surface area contributed by atoms with Crippen molar-refractivity contribution in [3.8, 4) is 0 Å². The van der Waals surface area contributed by atoms with Gasteiger partial charge in [0.05, 0.1) is 25.3 Å². The summed E-state index contributed by atoms with van der Waals surface area (Å²) in [6.07, 6.45) is 2.05. The molecule has 0 unspecified atom stereocenters.